The SMILES string of the molecule is CCCC(NC(=O)c1cc(C)n(-c2ccccn2)c1C)C(=O)Nc1cccc(N2CCCC2)c1. The topological polar surface area (TPSA) is 79.3 Å². The van der Waals surface area contributed by atoms with Crippen LogP contribution in [0.1, 0.15) is 54.4 Å². The zero-order chi connectivity index (χ0) is 24.1. The van der Waals surface area contributed by atoms with Gasteiger partial charge in [-0.3, -0.25) is 9.59 Å². The van der Waals surface area contributed by atoms with Crippen molar-refractivity contribution in [2.24, 2.45) is 0 Å². The lowest BCUT2D eigenvalue weighted by Crippen LogP contribution is -2.43. The lowest BCUT2D eigenvalue weighted by molar-refractivity contribution is -0.118. The molecule has 1 saturated heterocycles. The van der Waals surface area contributed by atoms with Crippen LogP contribution < -0.4 is 15.5 Å². The Morgan fingerprint density at radius 1 is 1.06 bits per heavy atom. The molecule has 2 amide bonds. The lowest BCUT2D eigenvalue weighted by Gasteiger charge is -2.20. The van der Waals surface area contributed by atoms with Gasteiger partial charge in [0, 0.05) is 42.0 Å². The summed E-state index contributed by atoms with van der Waals surface area (Å²) in [6.07, 6.45) is 5.46. The van der Waals surface area contributed by atoms with Crippen LogP contribution in [-0.4, -0.2) is 40.5 Å². The van der Waals surface area contributed by atoms with Crippen LogP contribution in [0.25, 0.3) is 5.82 Å². The van der Waals surface area contributed by atoms with Gasteiger partial charge in [-0.1, -0.05) is 25.5 Å². The van der Waals surface area contributed by atoms with E-state index >= 15 is 0 Å². The summed E-state index contributed by atoms with van der Waals surface area (Å²) in [5.74, 6) is 0.305. The number of hydrogen-bond donors (Lipinski definition) is 2. The van der Waals surface area contributed by atoms with Crippen molar-refractivity contribution in [3.8, 4) is 5.82 Å². The number of aryl methyl sites for hydroxylation is 1. The molecule has 0 bridgehead atoms. The number of nitrogens with zero attached hydrogens (tertiary/aromatic N) is 3. The zero-order valence-corrected chi connectivity index (χ0v) is 20.2. The number of rotatable bonds is 8. The van der Waals surface area contributed by atoms with Crippen LogP contribution in [0.2, 0.25) is 0 Å². The van der Waals surface area contributed by atoms with E-state index in [2.05, 4.69) is 26.6 Å². The average Bonchev–Trinajstić information content (AvgIpc) is 3.47. The molecule has 1 fully saturated rings. The van der Waals surface area contributed by atoms with Crippen molar-refractivity contribution in [3.63, 3.8) is 0 Å². The molecule has 1 aliphatic heterocycles. The molecule has 1 atom stereocenters. The summed E-state index contributed by atoms with van der Waals surface area (Å²) in [5.41, 5.74) is 4.12. The largest absolute Gasteiger partial charge is 0.371 e. The maximum absolute atomic E-state index is 13.2. The fraction of sp³-hybridized carbons (Fsp3) is 0.370. The highest BCUT2D eigenvalue weighted by Crippen LogP contribution is 2.24. The molecule has 178 valence electrons. The van der Waals surface area contributed by atoms with E-state index in [1.807, 2.05) is 67.8 Å². The molecule has 1 unspecified atom stereocenters. The number of pyridine rings is 1. The Labute approximate surface area is 201 Å². The Kier molecular flexibility index (Phi) is 7.30. The Balaban J connectivity index is 1.48. The first-order chi connectivity index (χ1) is 16.5. The number of hydrogen-bond acceptors (Lipinski definition) is 4. The third kappa shape index (κ3) is 5.14. The average molecular weight is 460 g/mol. The normalized spacial score (nSPS) is 14.1. The number of carbonyl (C=O) groups excluding carboxylic acids is 2. The number of benzene rings is 1. The third-order valence-electron chi connectivity index (χ3n) is 6.34. The van der Waals surface area contributed by atoms with E-state index in [0.29, 0.717) is 12.0 Å². The molecule has 1 aliphatic rings. The molecule has 2 aromatic heterocycles. The van der Waals surface area contributed by atoms with Crippen LogP contribution in [0.5, 0.6) is 0 Å². The van der Waals surface area contributed by atoms with Crippen LogP contribution >= 0.6 is 0 Å². The van der Waals surface area contributed by atoms with Crippen molar-refractivity contribution >= 4 is 23.2 Å². The van der Waals surface area contributed by atoms with Gasteiger partial charge in [-0.2, -0.15) is 0 Å². The van der Waals surface area contributed by atoms with Gasteiger partial charge in [-0.15, -0.1) is 0 Å². The quantitative estimate of drug-likeness (QED) is 0.515. The highest BCUT2D eigenvalue weighted by molar-refractivity contribution is 6.02. The van der Waals surface area contributed by atoms with Crippen molar-refractivity contribution in [1.29, 1.82) is 0 Å². The molecule has 0 saturated carbocycles. The smallest absolute Gasteiger partial charge is 0.253 e. The van der Waals surface area contributed by atoms with Crippen LogP contribution in [0.15, 0.2) is 54.7 Å². The maximum atomic E-state index is 13.2. The summed E-state index contributed by atoms with van der Waals surface area (Å²) in [6.45, 7) is 7.94. The molecule has 7 nitrogen and oxygen atoms in total. The van der Waals surface area contributed by atoms with Crippen molar-refractivity contribution in [2.45, 2.75) is 52.5 Å². The Bertz CT molecular complexity index is 1150. The molecule has 0 spiro atoms. The Morgan fingerprint density at radius 2 is 1.85 bits per heavy atom. The Hall–Kier alpha value is -3.61. The maximum Gasteiger partial charge on any atom is 0.253 e. The van der Waals surface area contributed by atoms with E-state index in [4.69, 9.17) is 0 Å². The van der Waals surface area contributed by atoms with Crippen molar-refractivity contribution in [1.82, 2.24) is 14.9 Å². The molecular weight excluding hydrogens is 426 g/mol. The minimum atomic E-state index is -0.620. The molecule has 0 aliphatic carbocycles. The van der Waals surface area contributed by atoms with Gasteiger partial charge in [0.25, 0.3) is 5.91 Å². The second kappa shape index (κ2) is 10.5. The monoisotopic (exact) mass is 459 g/mol. The fourth-order valence-electron chi connectivity index (χ4n) is 4.61. The summed E-state index contributed by atoms with van der Waals surface area (Å²) in [5, 5.41) is 5.97. The first-order valence-corrected chi connectivity index (χ1v) is 12.0. The van der Waals surface area contributed by atoms with Crippen molar-refractivity contribution in [3.05, 3.63) is 71.7 Å². The van der Waals surface area contributed by atoms with E-state index < -0.39 is 6.04 Å². The zero-order valence-electron chi connectivity index (χ0n) is 20.2. The van der Waals surface area contributed by atoms with Gasteiger partial charge in [0.05, 0.1) is 5.56 Å². The minimum absolute atomic E-state index is 0.202. The summed E-state index contributed by atoms with van der Waals surface area (Å²) in [6, 6.07) is 14.8. The molecule has 1 aromatic carbocycles. The Morgan fingerprint density at radius 3 is 2.56 bits per heavy atom. The molecule has 2 N–H and O–H groups in total. The highest BCUT2D eigenvalue weighted by atomic mass is 16.2. The standard InChI is InChI=1S/C27H33N5O2/c1-4-10-24(27(34)29-21-11-9-12-22(18-21)31-15-7-8-16-31)30-26(33)23-17-19(2)32(20(23)3)25-13-5-6-14-28-25/h5-6,9,11-14,17-18,24H,4,7-8,10,15-16H2,1-3H3,(H,29,34)(H,30,33). The number of aromatic nitrogens is 2. The molecule has 0 radical (unpaired) electrons. The first kappa shape index (κ1) is 23.5. The lowest BCUT2D eigenvalue weighted by atomic mass is 10.1. The van der Waals surface area contributed by atoms with Gasteiger partial charge >= 0.3 is 0 Å². The summed E-state index contributed by atoms with van der Waals surface area (Å²) >= 11 is 0. The van der Waals surface area contributed by atoms with E-state index in [9.17, 15) is 9.59 Å². The van der Waals surface area contributed by atoms with Crippen LogP contribution in [-0.2, 0) is 4.79 Å². The number of anilines is 2. The van der Waals surface area contributed by atoms with E-state index in [-0.39, 0.29) is 11.8 Å². The van der Waals surface area contributed by atoms with Gasteiger partial charge in [-0.05, 0) is 69.5 Å². The van der Waals surface area contributed by atoms with Gasteiger partial charge in [0.1, 0.15) is 11.9 Å². The fourth-order valence-corrected chi connectivity index (χ4v) is 4.61. The molecule has 34 heavy (non-hydrogen) atoms. The molecule has 3 heterocycles. The van der Waals surface area contributed by atoms with Crippen molar-refractivity contribution < 1.29 is 9.59 Å². The van der Waals surface area contributed by atoms with Crippen LogP contribution in [0.3, 0.4) is 0 Å². The predicted octanol–water partition coefficient (Wildman–Crippen LogP) is 4.63. The van der Waals surface area contributed by atoms with Crippen LogP contribution in [0.4, 0.5) is 11.4 Å². The van der Waals surface area contributed by atoms with Gasteiger partial charge < -0.3 is 20.1 Å². The summed E-state index contributed by atoms with van der Waals surface area (Å²) in [4.78, 5) is 33.1. The van der Waals surface area contributed by atoms with E-state index in [1.165, 1.54) is 12.8 Å². The summed E-state index contributed by atoms with van der Waals surface area (Å²) in [7, 11) is 0. The summed E-state index contributed by atoms with van der Waals surface area (Å²) < 4.78 is 1.95. The number of nitrogens with one attached hydrogen (secondary N) is 2. The van der Waals surface area contributed by atoms with Gasteiger partial charge in [0.15, 0.2) is 0 Å². The van der Waals surface area contributed by atoms with Gasteiger partial charge in [0.2, 0.25) is 5.91 Å². The number of carbonyl (C=O) groups is 2. The van der Waals surface area contributed by atoms with Crippen molar-refractivity contribution in [2.75, 3.05) is 23.3 Å². The second-order valence-corrected chi connectivity index (χ2v) is 8.86. The first-order valence-electron chi connectivity index (χ1n) is 12.0. The van der Waals surface area contributed by atoms with Gasteiger partial charge in [-0.25, -0.2) is 4.98 Å². The second-order valence-electron chi connectivity index (χ2n) is 8.86. The molecule has 7 heteroatoms. The predicted molar refractivity (Wildman–Crippen MR) is 136 cm³/mol. The van der Waals surface area contributed by atoms with Crippen LogP contribution in [0, 0.1) is 13.8 Å². The van der Waals surface area contributed by atoms with E-state index in [0.717, 1.165) is 48.1 Å². The minimum Gasteiger partial charge on any atom is -0.371 e. The molecule has 3 aromatic rings. The highest BCUT2D eigenvalue weighted by Gasteiger charge is 2.24. The molecular formula is C27H33N5O2. The van der Waals surface area contributed by atoms with E-state index in [1.54, 1.807) is 6.20 Å². The number of amides is 2. The third-order valence-corrected chi connectivity index (χ3v) is 6.34. The molecule has 4 rings (SSSR count).